The van der Waals surface area contributed by atoms with Crippen LogP contribution in [0.3, 0.4) is 0 Å². The summed E-state index contributed by atoms with van der Waals surface area (Å²) in [5, 5.41) is 8.19. The number of carbonyl (C=O) groups excluding carboxylic acids is 1. The van der Waals surface area contributed by atoms with Crippen LogP contribution in [0.2, 0.25) is 0 Å². The number of ether oxygens (including phenoxy) is 1. The summed E-state index contributed by atoms with van der Waals surface area (Å²) < 4.78 is 7.37. The maximum absolute atomic E-state index is 12.3. The first-order valence-corrected chi connectivity index (χ1v) is 8.55. The van der Waals surface area contributed by atoms with Crippen molar-refractivity contribution in [3.05, 3.63) is 59.9 Å². The molecule has 1 N–H and O–H groups in total. The molecule has 2 aromatic heterocycles. The Labute approximate surface area is 145 Å². The Morgan fingerprint density at radius 2 is 2.16 bits per heavy atom. The monoisotopic (exact) mass is 336 g/mol. The van der Waals surface area contributed by atoms with E-state index in [0.717, 1.165) is 36.0 Å². The lowest BCUT2D eigenvalue weighted by molar-refractivity contribution is 0.0857. The van der Waals surface area contributed by atoms with E-state index in [9.17, 15) is 4.79 Å². The van der Waals surface area contributed by atoms with E-state index in [1.807, 2.05) is 28.9 Å². The SMILES string of the molecule is O=C(NC[C@@H]1CCCO1)c1cnc2c(cnn2Cc2ccccc2)c1. The normalized spacial score (nSPS) is 17.0. The van der Waals surface area contributed by atoms with Crippen molar-refractivity contribution in [1.82, 2.24) is 20.1 Å². The van der Waals surface area contributed by atoms with Crippen molar-refractivity contribution < 1.29 is 9.53 Å². The highest BCUT2D eigenvalue weighted by Gasteiger charge is 2.17. The third kappa shape index (κ3) is 3.53. The first kappa shape index (κ1) is 15.8. The summed E-state index contributed by atoms with van der Waals surface area (Å²) in [5.74, 6) is -0.124. The van der Waals surface area contributed by atoms with E-state index in [0.29, 0.717) is 18.7 Å². The topological polar surface area (TPSA) is 69.0 Å². The lowest BCUT2D eigenvalue weighted by atomic mass is 10.2. The molecule has 25 heavy (non-hydrogen) atoms. The van der Waals surface area contributed by atoms with E-state index < -0.39 is 0 Å². The summed E-state index contributed by atoms with van der Waals surface area (Å²) in [5.41, 5.74) is 2.48. The summed E-state index contributed by atoms with van der Waals surface area (Å²) in [6.45, 7) is 1.99. The standard InChI is InChI=1S/C19H20N4O2/c24-19(21-12-17-7-4-8-25-17)16-9-15-11-22-23(18(15)20-10-16)13-14-5-2-1-3-6-14/h1-3,5-6,9-11,17H,4,7-8,12-13H2,(H,21,24)/t17-/m0/s1. The first-order chi connectivity index (χ1) is 12.3. The molecule has 6 heteroatoms. The third-order valence-electron chi connectivity index (χ3n) is 4.43. The molecule has 1 aliphatic rings. The predicted molar refractivity (Wildman–Crippen MR) is 94.4 cm³/mol. The van der Waals surface area contributed by atoms with Crippen LogP contribution in [0.15, 0.2) is 48.8 Å². The Balaban J connectivity index is 1.48. The molecular weight excluding hydrogens is 316 g/mol. The van der Waals surface area contributed by atoms with Gasteiger partial charge < -0.3 is 10.1 Å². The Hall–Kier alpha value is -2.73. The largest absolute Gasteiger partial charge is 0.376 e. The molecule has 4 rings (SSSR count). The molecule has 1 aromatic carbocycles. The highest BCUT2D eigenvalue weighted by Crippen LogP contribution is 2.15. The number of rotatable bonds is 5. The van der Waals surface area contributed by atoms with Gasteiger partial charge in [-0.3, -0.25) is 4.79 Å². The van der Waals surface area contributed by atoms with Crippen LogP contribution in [0.1, 0.15) is 28.8 Å². The molecular formula is C19H20N4O2. The van der Waals surface area contributed by atoms with Crippen LogP contribution in [-0.2, 0) is 11.3 Å². The van der Waals surface area contributed by atoms with E-state index in [1.54, 1.807) is 12.4 Å². The summed E-state index contributed by atoms with van der Waals surface area (Å²) >= 11 is 0. The average molecular weight is 336 g/mol. The Kier molecular flexibility index (Phi) is 4.43. The molecule has 0 bridgehead atoms. The number of benzene rings is 1. The summed E-state index contributed by atoms with van der Waals surface area (Å²) in [6, 6.07) is 11.9. The number of fused-ring (bicyclic) bond motifs is 1. The van der Waals surface area contributed by atoms with Crippen molar-refractivity contribution in [2.45, 2.75) is 25.5 Å². The van der Waals surface area contributed by atoms with Gasteiger partial charge in [0, 0.05) is 24.7 Å². The molecule has 0 unspecified atom stereocenters. The minimum Gasteiger partial charge on any atom is -0.376 e. The van der Waals surface area contributed by atoms with Gasteiger partial charge in [0.2, 0.25) is 0 Å². The van der Waals surface area contributed by atoms with Crippen molar-refractivity contribution in [3.63, 3.8) is 0 Å². The van der Waals surface area contributed by atoms with Crippen LogP contribution in [0.5, 0.6) is 0 Å². The molecule has 0 radical (unpaired) electrons. The Bertz CT molecular complexity index is 870. The quantitative estimate of drug-likeness (QED) is 0.777. The lowest BCUT2D eigenvalue weighted by Gasteiger charge is -2.10. The van der Waals surface area contributed by atoms with Gasteiger partial charge in [0.15, 0.2) is 5.65 Å². The van der Waals surface area contributed by atoms with Crippen molar-refractivity contribution in [3.8, 4) is 0 Å². The molecule has 0 spiro atoms. The highest BCUT2D eigenvalue weighted by molar-refractivity contribution is 5.96. The Morgan fingerprint density at radius 1 is 1.28 bits per heavy atom. The molecule has 1 fully saturated rings. The van der Waals surface area contributed by atoms with Gasteiger partial charge in [-0.15, -0.1) is 0 Å². The number of hydrogen-bond donors (Lipinski definition) is 1. The van der Waals surface area contributed by atoms with Crippen LogP contribution in [0.4, 0.5) is 0 Å². The summed E-state index contributed by atoms with van der Waals surface area (Å²) in [7, 11) is 0. The van der Waals surface area contributed by atoms with E-state index in [2.05, 4.69) is 27.5 Å². The molecule has 1 aliphatic heterocycles. The van der Waals surface area contributed by atoms with Crippen LogP contribution >= 0.6 is 0 Å². The number of carbonyl (C=O) groups is 1. The van der Waals surface area contributed by atoms with Crippen molar-refractivity contribution in [1.29, 1.82) is 0 Å². The zero-order valence-corrected chi connectivity index (χ0v) is 13.9. The van der Waals surface area contributed by atoms with Gasteiger partial charge in [0.1, 0.15) is 0 Å². The van der Waals surface area contributed by atoms with Gasteiger partial charge >= 0.3 is 0 Å². The number of pyridine rings is 1. The zero-order valence-electron chi connectivity index (χ0n) is 13.9. The van der Waals surface area contributed by atoms with Crippen LogP contribution in [-0.4, -0.2) is 39.9 Å². The molecule has 6 nitrogen and oxygen atoms in total. The van der Waals surface area contributed by atoms with E-state index in [1.165, 1.54) is 0 Å². The van der Waals surface area contributed by atoms with Crippen LogP contribution in [0.25, 0.3) is 11.0 Å². The molecule has 1 saturated heterocycles. The maximum atomic E-state index is 12.3. The van der Waals surface area contributed by atoms with Gasteiger partial charge in [-0.2, -0.15) is 5.10 Å². The fourth-order valence-electron chi connectivity index (χ4n) is 3.08. The average Bonchev–Trinajstić information content (AvgIpc) is 3.30. The zero-order chi connectivity index (χ0) is 17.1. The molecule has 128 valence electrons. The van der Waals surface area contributed by atoms with Gasteiger partial charge in [-0.25, -0.2) is 9.67 Å². The van der Waals surface area contributed by atoms with E-state index in [-0.39, 0.29) is 12.0 Å². The van der Waals surface area contributed by atoms with E-state index >= 15 is 0 Å². The molecule has 0 aliphatic carbocycles. The second-order valence-electron chi connectivity index (χ2n) is 6.27. The van der Waals surface area contributed by atoms with Crippen molar-refractivity contribution in [2.24, 2.45) is 0 Å². The molecule has 1 amide bonds. The maximum Gasteiger partial charge on any atom is 0.252 e. The van der Waals surface area contributed by atoms with Crippen LogP contribution in [0, 0.1) is 0 Å². The summed E-state index contributed by atoms with van der Waals surface area (Å²) in [6.07, 6.45) is 5.56. The number of amides is 1. The lowest BCUT2D eigenvalue weighted by Crippen LogP contribution is -2.31. The second kappa shape index (κ2) is 7.03. The minimum absolute atomic E-state index is 0.124. The van der Waals surface area contributed by atoms with Gasteiger partial charge in [0.25, 0.3) is 5.91 Å². The van der Waals surface area contributed by atoms with Gasteiger partial charge in [-0.05, 0) is 24.5 Å². The fraction of sp³-hybridized carbons (Fsp3) is 0.316. The molecule has 3 aromatic rings. The van der Waals surface area contributed by atoms with Gasteiger partial charge in [-0.1, -0.05) is 30.3 Å². The number of nitrogens with zero attached hydrogens (tertiary/aromatic N) is 3. The smallest absolute Gasteiger partial charge is 0.252 e. The Morgan fingerprint density at radius 3 is 2.96 bits per heavy atom. The molecule has 0 saturated carbocycles. The highest BCUT2D eigenvalue weighted by atomic mass is 16.5. The molecule has 1 atom stereocenters. The van der Waals surface area contributed by atoms with Gasteiger partial charge in [0.05, 0.1) is 24.4 Å². The number of hydrogen-bond acceptors (Lipinski definition) is 4. The van der Waals surface area contributed by atoms with E-state index in [4.69, 9.17) is 4.74 Å². The van der Waals surface area contributed by atoms with Crippen molar-refractivity contribution in [2.75, 3.05) is 13.2 Å². The number of nitrogens with one attached hydrogen (secondary N) is 1. The minimum atomic E-state index is -0.124. The molecule has 3 heterocycles. The third-order valence-corrected chi connectivity index (χ3v) is 4.43. The van der Waals surface area contributed by atoms with Crippen LogP contribution < -0.4 is 5.32 Å². The second-order valence-corrected chi connectivity index (χ2v) is 6.27. The number of aromatic nitrogens is 3. The predicted octanol–water partition coefficient (Wildman–Crippen LogP) is 2.39. The fourth-order valence-corrected chi connectivity index (χ4v) is 3.08. The van der Waals surface area contributed by atoms with Crippen molar-refractivity contribution >= 4 is 16.9 Å². The first-order valence-electron chi connectivity index (χ1n) is 8.55. The summed E-state index contributed by atoms with van der Waals surface area (Å²) in [4.78, 5) is 16.8.